The summed E-state index contributed by atoms with van der Waals surface area (Å²) in [5.74, 6) is 0.820. The van der Waals surface area contributed by atoms with E-state index in [0.717, 1.165) is 22.0 Å². The zero-order valence-electron chi connectivity index (χ0n) is 9.16. The van der Waals surface area contributed by atoms with E-state index in [2.05, 4.69) is 4.98 Å². The van der Waals surface area contributed by atoms with Gasteiger partial charge in [-0.2, -0.15) is 0 Å². The zero-order chi connectivity index (χ0) is 11.5. The second-order valence-corrected chi connectivity index (χ2v) is 4.96. The van der Waals surface area contributed by atoms with E-state index in [1.807, 2.05) is 37.4 Å². The Balaban J connectivity index is 2.07. The summed E-state index contributed by atoms with van der Waals surface area (Å²) in [7, 11) is 0. The molecule has 16 heavy (non-hydrogen) atoms. The first kappa shape index (κ1) is 11.4. The third-order valence-corrected chi connectivity index (χ3v) is 3.34. The van der Waals surface area contributed by atoms with E-state index in [-0.39, 0.29) is 0 Å². The Labute approximate surface area is 104 Å². The second kappa shape index (κ2) is 4.85. The molecule has 0 aliphatic carbocycles. The topological polar surface area (TPSA) is 22.1 Å². The summed E-state index contributed by atoms with van der Waals surface area (Å²) in [6.07, 6.45) is 0. The number of hydrogen-bond acceptors (Lipinski definition) is 3. The maximum absolute atomic E-state index is 5.91. The molecule has 0 saturated carbocycles. The molecule has 2 aromatic rings. The summed E-state index contributed by atoms with van der Waals surface area (Å²) in [5.41, 5.74) is 2.11. The van der Waals surface area contributed by atoms with Crippen molar-refractivity contribution in [2.24, 2.45) is 0 Å². The Morgan fingerprint density at radius 3 is 2.88 bits per heavy atom. The normalized spacial score (nSPS) is 10.4. The van der Waals surface area contributed by atoms with Gasteiger partial charge in [0.15, 0.2) is 0 Å². The summed E-state index contributed by atoms with van der Waals surface area (Å²) in [5, 5.41) is 3.69. The Kier molecular flexibility index (Phi) is 3.46. The smallest absolute Gasteiger partial charge is 0.140 e. The molecule has 0 unspecified atom stereocenters. The maximum atomic E-state index is 5.91. The lowest BCUT2D eigenvalue weighted by atomic mass is 10.2. The van der Waals surface area contributed by atoms with Crippen LogP contribution in [0.2, 0.25) is 5.02 Å². The van der Waals surface area contributed by atoms with Gasteiger partial charge in [-0.15, -0.1) is 11.3 Å². The molecule has 4 heteroatoms. The summed E-state index contributed by atoms with van der Waals surface area (Å²) >= 11 is 7.52. The molecule has 1 aromatic heterocycles. The molecule has 0 bridgehead atoms. The maximum Gasteiger partial charge on any atom is 0.140 e. The SMILES string of the molecule is Cc1csc(COc2cc(Cl)ccc2C)n1. The van der Waals surface area contributed by atoms with Crippen molar-refractivity contribution in [1.29, 1.82) is 0 Å². The fourth-order valence-electron chi connectivity index (χ4n) is 1.34. The lowest BCUT2D eigenvalue weighted by Crippen LogP contribution is -1.96. The standard InChI is InChI=1S/C12H12ClNOS/c1-8-3-4-10(13)5-11(8)15-6-12-14-9(2)7-16-12/h3-5,7H,6H2,1-2H3. The van der Waals surface area contributed by atoms with Crippen LogP contribution in [0, 0.1) is 13.8 Å². The van der Waals surface area contributed by atoms with Gasteiger partial charge in [0.05, 0.1) is 0 Å². The van der Waals surface area contributed by atoms with Crippen molar-refractivity contribution in [3.63, 3.8) is 0 Å². The van der Waals surface area contributed by atoms with Crippen molar-refractivity contribution in [1.82, 2.24) is 4.98 Å². The summed E-state index contributed by atoms with van der Waals surface area (Å²) in [4.78, 5) is 4.34. The quantitative estimate of drug-likeness (QED) is 0.825. The van der Waals surface area contributed by atoms with E-state index in [4.69, 9.17) is 16.3 Å². The van der Waals surface area contributed by atoms with Crippen molar-refractivity contribution in [3.8, 4) is 5.75 Å². The van der Waals surface area contributed by atoms with E-state index < -0.39 is 0 Å². The van der Waals surface area contributed by atoms with E-state index in [0.29, 0.717) is 11.6 Å². The van der Waals surface area contributed by atoms with Gasteiger partial charge in [0.2, 0.25) is 0 Å². The molecule has 0 fully saturated rings. The Hall–Kier alpha value is -1.06. The minimum atomic E-state index is 0.500. The predicted molar refractivity (Wildman–Crippen MR) is 67.4 cm³/mol. The number of ether oxygens (including phenoxy) is 1. The molecule has 1 heterocycles. The molecule has 0 spiro atoms. The number of halogens is 1. The zero-order valence-corrected chi connectivity index (χ0v) is 10.7. The fraction of sp³-hybridized carbons (Fsp3) is 0.250. The van der Waals surface area contributed by atoms with Crippen LogP contribution in [0.1, 0.15) is 16.3 Å². The third-order valence-electron chi connectivity index (χ3n) is 2.17. The predicted octanol–water partition coefficient (Wildman–Crippen LogP) is 3.99. The largest absolute Gasteiger partial charge is 0.486 e. The van der Waals surface area contributed by atoms with Crippen molar-refractivity contribution < 1.29 is 4.74 Å². The van der Waals surface area contributed by atoms with Crippen LogP contribution in [-0.4, -0.2) is 4.98 Å². The number of aryl methyl sites for hydroxylation is 2. The highest BCUT2D eigenvalue weighted by atomic mass is 35.5. The molecule has 1 aromatic carbocycles. The molecule has 2 nitrogen and oxygen atoms in total. The van der Waals surface area contributed by atoms with Crippen LogP contribution in [-0.2, 0) is 6.61 Å². The van der Waals surface area contributed by atoms with Crippen molar-refractivity contribution in [2.45, 2.75) is 20.5 Å². The number of hydrogen-bond donors (Lipinski definition) is 0. The summed E-state index contributed by atoms with van der Waals surface area (Å²) < 4.78 is 5.68. The van der Waals surface area contributed by atoms with Crippen LogP contribution in [0.5, 0.6) is 5.75 Å². The van der Waals surface area contributed by atoms with Gasteiger partial charge in [-0.25, -0.2) is 4.98 Å². The minimum Gasteiger partial charge on any atom is -0.486 e. The van der Waals surface area contributed by atoms with Crippen molar-refractivity contribution in [2.75, 3.05) is 0 Å². The van der Waals surface area contributed by atoms with Crippen LogP contribution in [0.3, 0.4) is 0 Å². The first-order chi connectivity index (χ1) is 7.65. The fourth-order valence-corrected chi connectivity index (χ4v) is 2.18. The molecule has 0 aliphatic rings. The third kappa shape index (κ3) is 2.74. The van der Waals surface area contributed by atoms with E-state index in [1.165, 1.54) is 0 Å². The number of thiazole rings is 1. The summed E-state index contributed by atoms with van der Waals surface area (Å²) in [6.45, 7) is 4.48. The molecular formula is C12H12ClNOS. The van der Waals surface area contributed by atoms with Gasteiger partial charge in [0.25, 0.3) is 0 Å². The average molecular weight is 254 g/mol. The number of rotatable bonds is 3. The summed E-state index contributed by atoms with van der Waals surface area (Å²) in [6, 6.07) is 5.64. The number of benzene rings is 1. The van der Waals surface area contributed by atoms with Gasteiger partial charge < -0.3 is 4.74 Å². The van der Waals surface area contributed by atoms with Gasteiger partial charge in [-0.3, -0.25) is 0 Å². The van der Waals surface area contributed by atoms with Gasteiger partial charge in [-0.05, 0) is 31.5 Å². The monoisotopic (exact) mass is 253 g/mol. The van der Waals surface area contributed by atoms with Crippen molar-refractivity contribution >= 4 is 22.9 Å². The Morgan fingerprint density at radius 1 is 1.38 bits per heavy atom. The first-order valence-electron chi connectivity index (χ1n) is 4.95. The van der Waals surface area contributed by atoms with E-state index in [1.54, 1.807) is 11.3 Å². The van der Waals surface area contributed by atoms with Crippen molar-refractivity contribution in [3.05, 3.63) is 44.9 Å². The molecule has 0 aliphatic heterocycles. The van der Waals surface area contributed by atoms with E-state index >= 15 is 0 Å². The highest BCUT2D eigenvalue weighted by Gasteiger charge is 2.03. The lowest BCUT2D eigenvalue weighted by Gasteiger charge is -2.07. The van der Waals surface area contributed by atoms with Crippen LogP contribution >= 0.6 is 22.9 Å². The van der Waals surface area contributed by atoms with Crippen LogP contribution in [0.15, 0.2) is 23.6 Å². The molecule has 2 rings (SSSR count). The molecular weight excluding hydrogens is 242 g/mol. The minimum absolute atomic E-state index is 0.500. The molecule has 84 valence electrons. The van der Waals surface area contributed by atoms with Crippen LogP contribution in [0.25, 0.3) is 0 Å². The molecule has 0 amide bonds. The Morgan fingerprint density at radius 2 is 2.19 bits per heavy atom. The molecule has 0 radical (unpaired) electrons. The molecule has 0 N–H and O–H groups in total. The van der Waals surface area contributed by atoms with Crippen LogP contribution < -0.4 is 4.74 Å². The average Bonchev–Trinajstić information content (AvgIpc) is 2.66. The van der Waals surface area contributed by atoms with Gasteiger partial charge in [0, 0.05) is 16.1 Å². The molecule has 0 atom stereocenters. The number of nitrogens with zero attached hydrogens (tertiary/aromatic N) is 1. The number of aromatic nitrogens is 1. The Bertz CT molecular complexity index is 496. The second-order valence-electron chi connectivity index (χ2n) is 3.58. The van der Waals surface area contributed by atoms with Crippen LogP contribution in [0.4, 0.5) is 0 Å². The highest BCUT2D eigenvalue weighted by Crippen LogP contribution is 2.23. The van der Waals surface area contributed by atoms with Gasteiger partial charge in [0.1, 0.15) is 17.4 Å². The highest BCUT2D eigenvalue weighted by molar-refractivity contribution is 7.09. The van der Waals surface area contributed by atoms with E-state index in [9.17, 15) is 0 Å². The van der Waals surface area contributed by atoms with Gasteiger partial charge >= 0.3 is 0 Å². The lowest BCUT2D eigenvalue weighted by molar-refractivity contribution is 0.303. The van der Waals surface area contributed by atoms with Gasteiger partial charge in [-0.1, -0.05) is 17.7 Å². The molecule has 0 saturated heterocycles. The first-order valence-corrected chi connectivity index (χ1v) is 6.21.